The number of imidazole rings is 1. The number of nitrogens with zero attached hydrogens (tertiary/aromatic N) is 3. The molecule has 0 unspecified atom stereocenters. The Morgan fingerprint density at radius 2 is 1.91 bits per heavy atom. The standard InChI is InChI=1S/C18H22N4/c1-3-11-22-17(21-16-5-4-10-20-18(16)22)13-19-12-15-8-6-14(2)7-9-15/h4-10,19H,3,11-13H2,1-2H3. The van der Waals surface area contributed by atoms with Crippen LogP contribution in [-0.4, -0.2) is 14.5 Å². The maximum absolute atomic E-state index is 4.71. The Labute approximate surface area is 131 Å². The molecule has 0 radical (unpaired) electrons. The highest BCUT2D eigenvalue weighted by molar-refractivity contribution is 5.71. The molecule has 0 aliphatic rings. The van der Waals surface area contributed by atoms with Crippen LogP contribution in [0.4, 0.5) is 0 Å². The Morgan fingerprint density at radius 1 is 1.09 bits per heavy atom. The van der Waals surface area contributed by atoms with Crippen molar-refractivity contribution in [2.75, 3.05) is 0 Å². The van der Waals surface area contributed by atoms with Crippen LogP contribution in [0.15, 0.2) is 42.6 Å². The van der Waals surface area contributed by atoms with E-state index in [-0.39, 0.29) is 0 Å². The summed E-state index contributed by atoms with van der Waals surface area (Å²) < 4.78 is 2.22. The Bertz CT molecular complexity index is 743. The van der Waals surface area contributed by atoms with Gasteiger partial charge in [-0.25, -0.2) is 9.97 Å². The molecule has 114 valence electrons. The second kappa shape index (κ2) is 6.71. The number of aromatic nitrogens is 3. The van der Waals surface area contributed by atoms with E-state index < -0.39 is 0 Å². The molecule has 0 saturated heterocycles. The Kier molecular flexibility index (Phi) is 4.49. The number of rotatable bonds is 6. The zero-order chi connectivity index (χ0) is 15.4. The summed E-state index contributed by atoms with van der Waals surface area (Å²) in [6.45, 7) is 6.85. The lowest BCUT2D eigenvalue weighted by atomic mass is 10.1. The highest BCUT2D eigenvalue weighted by Crippen LogP contribution is 2.14. The SMILES string of the molecule is CCCn1c(CNCc2ccc(C)cc2)nc2cccnc21. The van der Waals surface area contributed by atoms with Crippen molar-refractivity contribution >= 4 is 11.2 Å². The van der Waals surface area contributed by atoms with Crippen molar-refractivity contribution in [3.8, 4) is 0 Å². The van der Waals surface area contributed by atoms with Gasteiger partial charge in [0.1, 0.15) is 11.3 Å². The molecule has 1 N–H and O–H groups in total. The molecule has 0 aliphatic heterocycles. The zero-order valence-corrected chi connectivity index (χ0v) is 13.2. The maximum Gasteiger partial charge on any atom is 0.160 e. The van der Waals surface area contributed by atoms with Gasteiger partial charge in [-0.3, -0.25) is 0 Å². The van der Waals surface area contributed by atoms with Crippen LogP contribution < -0.4 is 5.32 Å². The molecule has 3 rings (SSSR count). The minimum atomic E-state index is 0.754. The first-order chi connectivity index (χ1) is 10.8. The van der Waals surface area contributed by atoms with E-state index in [0.717, 1.165) is 43.0 Å². The first kappa shape index (κ1) is 14.7. The third-order valence-corrected chi connectivity index (χ3v) is 3.76. The van der Waals surface area contributed by atoms with E-state index in [4.69, 9.17) is 4.98 Å². The summed E-state index contributed by atoms with van der Waals surface area (Å²) in [5.74, 6) is 1.06. The van der Waals surface area contributed by atoms with Crippen molar-refractivity contribution in [1.82, 2.24) is 19.9 Å². The third kappa shape index (κ3) is 3.17. The van der Waals surface area contributed by atoms with E-state index in [2.05, 4.69) is 53.0 Å². The smallest absolute Gasteiger partial charge is 0.160 e. The van der Waals surface area contributed by atoms with Crippen molar-refractivity contribution in [3.63, 3.8) is 0 Å². The molecular formula is C18H22N4. The molecule has 1 aromatic carbocycles. The number of pyridine rings is 1. The number of benzene rings is 1. The third-order valence-electron chi connectivity index (χ3n) is 3.76. The lowest BCUT2D eigenvalue weighted by molar-refractivity contribution is 0.596. The summed E-state index contributed by atoms with van der Waals surface area (Å²) >= 11 is 0. The predicted octanol–water partition coefficient (Wildman–Crippen LogP) is 3.44. The number of hydrogen-bond acceptors (Lipinski definition) is 3. The lowest BCUT2D eigenvalue weighted by Crippen LogP contribution is -2.17. The van der Waals surface area contributed by atoms with Gasteiger partial charge in [0.2, 0.25) is 0 Å². The van der Waals surface area contributed by atoms with E-state index in [1.165, 1.54) is 11.1 Å². The van der Waals surface area contributed by atoms with Crippen LogP contribution in [0.1, 0.15) is 30.3 Å². The van der Waals surface area contributed by atoms with Gasteiger partial charge >= 0.3 is 0 Å². The average Bonchev–Trinajstić information content (AvgIpc) is 2.88. The maximum atomic E-state index is 4.71. The van der Waals surface area contributed by atoms with Crippen LogP contribution in [0.3, 0.4) is 0 Å². The first-order valence-electron chi connectivity index (χ1n) is 7.84. The number of aryl methyl sites for hydroxylation is 2. The monoisotopic (exact) mass is 294 g/mol. The largest absolute Gasteiger partial charge is 0.312 e. The number of nitrogens with one attached hydrogen (secondary N) is 1. The average molecular weight is 294 g/mol. The molecule has 0 amide bonds. The van der Waals surface area contributed by atoms with Crippen molar-refractivity contribution < 1.29 is 0 Å². The van der Waals surface area contributed by atoms with E-state index >= 15 is 0 Å². The van der Waals surface area contributed by atoms with Gasteiger partial charge < -0.3 is 9.88 Å². The number of hydrogen-bond donors (Lipinski definition) is 1. The zero-order valence-electron chi connectivity index (χ0n) is 13.2. The molecule has 0 atom stereocenters. The molecule has 0 fully saturated rings. The van der Waals surface area contributed by atoms with Crippen molar-refractivity contribution in [2.24, 2.45) is 0 Å². The fourth-order valence-electron chi connectivity index (χ4n) is 2.62. The molecule has 2 heterocycles. The van der Waals surface area contributed by atoms with Gasteiger partial charge in [-0.1, -0.05) is 36.8 Å². The minimum Gasteiger partial charge on any atom is -0.312 e. The van der Waals surface area contributed by atoms with Crippen LogP contribution in [0.5, 0.6) is 0 Å². The van der Waals surface area contributed by atoms with Gasteiger partial charge in [0, 0.05) is 19.3 Å². The van der Waals surface area contributed by atoms with Crippen molar-refractivity contribution in [2.45, 2.75) is 39.9 Å². The summed E-state index contributed by atoms with van der Waals surface area (Å²) in [4.78, 5) is 9.18. The predicted molar refractivity (Wildman–Crippen MR) is 89.5 cm³/mol. The van der Waals surface area contributed by atoms with Gasteiger partial charge in [0.25, 0.3) is 0 Å². The molecular weight excluding hydrogens is 272 g/mol. The van der Waals surface area contributed by atoms with E-state index in [0.29, 0.717) is 0 Å². The molecule has 4 heteroatoms. The molecule has 0 saturated carbocycles. The minimum absolute atomic E-state index is 0.754. The Morgan fingerprint density at radius 3 is 2.68 bits per heavy atom. The summed E-state index contributed by atoms with van der Waals surface area (Å²) in [5, 5.41) is 3.49. The van der Waals surface area contributed by atoms with Gasteiger partial charge in [-0.2, -0.15) is 0 Å². The lowest BCUT2D eigenvalue weighted by Gasteiger charge is -2.08. The van der Waals surface area contributed by atoms with E-state index in [1.807, 2.05) is 18.3 Å². The second-order valence-electron chi connectivity index (χ2n) is 5.61. The molecule has 0 aliphatic carbocycles. The van der Waals surface area contributed by atoms with Gasteiger partial charge in [-0.05, 0) is 31.0 Å². The second-order valence-corrected chi connectivity index (χ2v) is 5.61. The normalized spacial score (nSPS) is 11.2. The molecule has 0 bridgehead atoms. The highest BCUT2D eigenvalue weighted by Gasteiger charge is 2.10. The van der Waals surface area contributed by atoms with Crippen LogP contribution in [0, 0.1) is 6.92 Å². The summed E-state index contributed by atoms with van der Waals surface area (Å²) in [7, 11) is 0. The van der Waals surface area contributed by atoms with E-state index in [9.17, 15) is 0 Å². The van der Waals surface area contributed by atoms with Crippen LogP contribution in [-0.2, 0) is 19.6 Å². The summed E-state index contributed by atoms with van der Waals surface area (Å²) in [6, 6.07) is 12.6. The van der Waals surface area contributed by atoms with Crippen LogP contribution >= 0.6 is 0 Å². The fraction of sp³-hybridized carbons (Fsp3) is 0.333. The Hall–Kier alpha value is -2.20. The van der Waals surface area contributed by atoms with Crippen LogP contribution in [0.2, 0.25) is 0 Å². The molecule has 22 heavy (non-hydrogen) atoms. The van der Waals surface area contributed by atoms with E-state index in [1.54, 1.807) is 0 Å². The Balaban J connectivity index is 1.72. The fourth-order valence-corrected chi connectivity index (χ4v) is 2.62. The molecule has 4 nitrogen and oxygen atoms in total. The first-order valence-corrected chi connectivity index (χ1v) is 7.84. The summed E-state index contributed by atoms with van der Waals surface area (Å²) in [5.41, 5.74) is 4.54. The highest BCUT2D eigenvalue weighted by atomic mass is 15.1. The quantitative estimate of drug-likeness (QED) is 0.757. The number of fused-ring (bicyclic) bond motifs is 1. The van der Waals surface area contributed by atoms with Gasteiger partial charge in [0.15, 0.2) is 5.65 Å². The van der Waals surface area contributed by atoms with Crippen molar-refractivity contribution in [3.05, 3.63) is 59.5 Å². The molecule has 0 spiro atoms. The topological polar surface area (TPSA) is 42.7 Å². The van der Waals surface area contributed by atoms with Crippen LogP contribution in [0.25, 0.3) is 11.2 Å². The van der Waals surface area contributed by atoms with Gasteiger partial charge in [-0.15, -0.1) is 0 Å². The van der Waals surface area contributed by atoms with Gasteiger partial charge in [0.05, 0.1) is 6.54 Å². The summed E-state index contributed by atoms with van der Waals surface area (Å²) in [6.07, 6.45) is 2.91. The molecule has 3 aromatic rings. The molecule has 2 aromatic heterocycles. The van der Waals surface area contributed by atoms with Crippen molar-refractivity contribution in [1.29, 1.82) is 0 Å².